The predicted molar refractivity (Wildman–Crippen MR) is 71.3 cm³/mol. The summed E-state index contributed by atoms with van der Waals surface area (Å²) in [7, 11) is 3.32. The van der Waals surface area contributed by atoms with Crippen molar-refractivity contribution < 1.29 is 4.74 Å². The van der Waals surface area contributed by atoms with Gasteiger partial charge in [-0.2, -0.15) is 0 Å². The molecule has 16 heavy (non-hydrogen) atoms. The Morgan fingerprint density at radius 1 is 1.50 bits per heavy atom. The second kappa shape index (κ2) is 4.40. The van der Waals surface area contributed by atoms with Gasteiger partial charge in [-0.1, -0.05) is 28.7 Å². The molecule has 0 unspecified atom stereocenters. The third-order valence-corrected chi connectivity index (χ3v) is 3.18. The zero-order valence-corrected chi connectivity index (χ0v) is 11.2. The third kappa shape index (κ3) is 1.68. The fraction of sp³-hybridized carbons (Fsp3) is 0.273. The van der Waals surface area contributed by atoms with Crippen LogP contribution in [0.15, 0.2) is 23.0 Å². The van der Waals surface area contributed by atoms with E-state index < -0.39 is 0 Å². The van der Waals surface area contributed by atoms with Crippen molar-refractivity contribution in [3.05, 3.63) is 34.4 Å². The molecule has 0 spiro atoms. The molecule has 4 nitrogen and oxygen atoms in total. The Kier molecular flexibility index (Phi) is 3.13. The topological polar surface area (TPSA) is 44.1 Å². The highest BCUT2D eigenvalue weighted by Crippen LogP contribution is 2.21. The van der Waals surface area contributed by atoms with E-state index in [-0.39, 0.29) is 5.56 Å². The van der Waals surface area contributed by atoms with Crippen molar-refractivity contribution in [2.24, 2.45) is 7.05 Å². The van der Waals surface area contributed by atoms with Gasteiger partial charge in [-0.3, -0.25) is 9.36 Å². The van der Waals surface area contributed by atoms with Crippen molar-refractivity contribution >= 4 is 33.5 Å². The van der Waals surface area contributed by atoms with Gasteiger partial charge in [0.15, 0.2) is 0 Å². The minimum atomic E-state index is -0.0319. The average molecular weight is 330 g/mol. The number of benzene rings is 1. The lowest BCUT2D eigenvalue weighted by Crippen LogP contribution is -2.21. The van der Waals surface area contributed by atoms with Crippen molar-refractivity contribution in [1.29, 1.82) is 0 Å². The van der Waals surface area contributed by atoms with Crippen LogP contribution in [-0.2, 0) is 11.5 Å². The summed E-state index contributed by atoms with van der Waals surface area (Å²) in [5, 5.41) is 0.593. The lowest BCUT2D eigenvalue weighted by atomic mass is 10.2. The van der Waals surface area contributed by atoms with Gasteiger partial charge >= 0.3 is 0 Å². The van der Waals surface area contributed by atoms with Crippen LogP contribution in [0.5, 0.6) is 5.75 Å². The maximum Gasteiger partial charge on any atom is 0.261 e. The Bertz CT molecular complexity index is 592. The Morgan fingerprint density at radius 2 is 2.25 bits per heavy atom. The standard InChI is InChI=1S/C11H11IN2O2/c1-14-9(6-12)13-10-7(11(14)15)4-3-5-8(10)16-2/h3-5H,6H2,1-2H3. The molecule has 0 aliphatic carbocycles. The fourth-order valence-electron chi connectivity index (χ4n) is 1.60. The number of fused-ring (bicyclic) bond motifs is 1. The maximum atomic E-state index is 12.0. The van der Waals surface area contributed by atoms with E-state index in [2.05, 4.69) is 27.6 Å². The molecule has 1 aromatic carbocycles. The number of alkyl halides is 1. The molecule has 1 aromatic heterocycles. The molecule has 0 radical (unpaired) electrons. The molecule has 5 heteroatoms. The SMILES string of the molecule is COc1cccc2c(=O)n(C)c(CI)nc12. The number of rotatable bonds is 2. The summed E-state index contributed by atoms with van der Waals surface area (Å²) in [4.78, 5) is 16.5. The number of ether oxygens (including phenoxy) is 1. The van der Waals surface area contributed by atoms with E-state index in [1.165, 1.54) is 0 Å². The number of hydrogen-bond acceptors (Lipinski definition) is 3. The first-order chi connectivity index (χ1) is 7.69. The van der Waals surface area contributed by atoms with Crippen LogP contribution in [0.1, 0.15) is 5.82 Å². The van der Waals surface area contributed by atoms with Crippen LogP contribution in [0.25, 0.3) is 10.9 Å². The van der Waals surface area contributed by atoms with Gasteiger partial charge in [0.1, 0.15) is 17.1 Å². The van der Waals surface area contributed by atoms with Crippen LogP contribution < -0.4 is 10.3 Å². The molecule has 2 rings (SSSR count). The smallest absolute Gasteiger partial charge is 0.261 e. The van der Waals surface area contributed by atoms with E-state index in [4.69, 9.17) is 4.74 Å². The van der Waals surface area contributed by atoms with Gasteiger partial charge in [0.05, 0.1) is 16.9 Å². The highest BCUT2D eigenvalue weighted by Gasteiger charge is 2.10. The highest BCUT2D eigenvalue weighted by atomic mass is 127. The number of aromatic nitrogens is 2. The van der Waals surface area contributed by atoms with Crippen LogP contribution in [0.3, 0.4) is 0 Å². The largest absolute Gasteiger partial charge is 0.494 e. The molecule has 0 fully saturated rings. The number of halogens is 1. The van der Waals surface area contributed by atoms with E-state index in [1.807, 2.05) is 6.07 Å². The van der Waals surface area contributed by atoms with Gasteiger partial charge < -0.3 is 4.74 Å². The molecule has 0 saturated carbocycles. The molecule has 0 N–H and O–H groups in total. The quantitative estimate of drug-likeness (QED) is 0.624. The minimum Gasteiger partial charge on any atom is -0.494 e. The summed E-state index contributed by atoms with van der Waals surface area (Å²) in [5.41, 5.74) is 0.607. The van der Waals surface area contributed by atoms with Gasteiger partial charge in [0.25, 0.3) is 5.56 Å². The summed E-state index contributed by atoms with van der Waals surface area (Å²) in [6.07, 6.45) is 0. The lowest BCUT2D eigenvalue weighted by molar-refractivity contribution is 0.418. The first-order valence-electron chi connectivity index (χ1n) is 4.77. The molecule has 2 aromatic rings. The number of nitrogens with zero attached hydrogens (tertiary/aromatic N) is 2. The van der Waals surface area contributed by atoms with Gasteiger partial charge in [0, 0.05) is 7.05 Å². The van der Waals surface area contributed by atoms with Gasteiger partial charge in [-0.25, -0.2) is 4.98 Å². The highest BCUT2D eigenvalue weighted by molar-refractivity contribution is 14.1. The second-order valence-electron chi connectivity index (χ2n) is 3.38. The number of hydrogen-bond donors (Lipinski definition) is 0. The summed E-state index contributed by atoms with van der Waals surface area (Å²) in [5.74, 6) is 1.39. The molecule has 0 saturated heterocycles. The Morgan fingerprint density at radius 3 is 2.88 bits per heavy atom. The monoisotopic (exact) mass is 330 g/mol. The summed E-state index contributed by atoms with van der Waals surface area (Å²) >= 11 is 2.19. The van der Waals surface area contributed by atoms with E-state index in [9.17, 15) is 4.79 Å². The van der Waals surface area contributed by atoms with E-state index in [0.717, 1.165) is 5.82 Å². The second-order valence-corrected chi connectivity index (χ2v) is 4.15. The number of methoxy groups -OCH3 is 1. The van der Waals surface area contributed by atoms with E-state index in [1.54, 1.807) is 30.9 Å². The molecule has 0 atom stereocenters. The maximum absolute atomic E-state index is 12.0. The Hall–Kier alpha value is -1.11. The van der Waals surface area contributed by atoms with Crippen LogP contribution in [0, 0.1) is 0 Å². The third-order valence-electron chi connectivity index (χ3n) is 2.50. The van der Waals surface area contributed by atoms with Crippen LogP contribution in [0.2, 0.25) is 0 Å². The molecule has 0 amide bonds. The first-order valence-corrected chi connectivity index (χ1v) is 6.30. The lowest BCUT2D eigenvalue weighted by Gasteiger charge is -2.09. The Labute approximate surface area is 106 Å². The van der Waals surface area contributed by atoms with Crippen molar-refractivity contribution in [1.82, 2.24) is 9.55 Å². The molecule has 0 aliphatic heterocycles. The van der Waals surface area contributed by atoms with Gasteiger partial charge in [-0.05, 0) is 12.1 Å². The van der Waals surface area contributed by atoms with Crippen molar-refractivity contribution in [2.45, 2.75) is 4.43 Å². The summed E-state index contributed by atoms with van der Waals surface area (Å²) in [6.45, 7) is 0. The zero-order valence-electron chi connectivity index (χ0n) is 9.03. The molecular weight excluding hydrogens is 319 g/mol. The first kappa shape index (κ1) is 11.4. The van der Waals surface area contributed by atoms with Crippen molar-refractivity contribution in [3.8, 4) is 5.75 Å². The number of para-hydroxylation sites is 1. The molecule has 1 heterocycles. The van der Waals surface area contributed by atoms with E-state index in [0.29, 0.717) is 21.1 Å². The van der Waals surface area contributed by atoms with Gasteiger partial charge in [0.2, 0.25) is 0 Å². The van der Waals surface area contributed by atoms with Crippen LogP contribution >= 0.6 is 22.6 Å². The summed E-state index contributed by atoms with van der Waals surface area (Å²) in [6, 6.07) is 5.38. The normalized spacial score (nSPS) is 10.7. The molecule has 84 valence electrons. The Balaban J connectivity index is 2.92. The van der Waals surface area contributed by atoms with Crippen molar-refractivity contribution in [2.75, 3.05) is 7.11 Å². The zero-order chi connectivity index (χ0) is 11.7. The van der Waals surface area contributed by atoms with Gasteiger partial charge in [-0.15, -0.1) is 0 Å². The fourth-order valence-corrected chi connectivity index (χ4v) is 2.28. The van der Waals surface area contributed by atoms with E-state index >= 15 is 0 Å². The average Bonchev–Trinajstić information content (AvgIpc) is 2.33. The van der Waals surface area contributed by atoms with Crippen LogP contribution in [-0.4, -0.2) is 16.7 Å². The molecular formula is C11H11IN2O2. The molecule has 0 bridgehead atoms. The molecule has 0 aliphatic rings. The predicted octanol–water partition coefficient (Wildman–Crippen LogP) is 1.88. The summed E-state index contributed by atoms with van der Waals surface area (Å²) < 4.78 is 7.48. The minimum absolute atomic E-state index is 0.0319. The van der Waals surface area contributed by atoms with Crippen molar-refractivity contribution in [3.63, 3.8) is 0 Å². The van der Waals surface area contributed by atoms with Crippen LogP contribution in [0.4, 0.5) is 0 Å².